The third-order valence-electron chi connectivity index (χ3n) is 3.80. The van der Waals surface area contributed by atoms with Gasteiger partial charge < -0.3 is 14.6 Å². The lowest BCUT2D eigenvalue weighted by Crippen LogP contribution is -2.23. The number of hydrogen-bond acceptors (Lipinski definition) is 7. The summed E-state index contributed by atoms with van der Waals surface area (Å²) < 4.78 is 11.7. The smallest absolute Gasteiger partial charge is 0.255 e. The molecule has 2 aromatic carbocycles. The number of carbonyl (C=O) groups is 1. The monoisotopic (exact) mass is 380 g/mol. The first-order chi connectivity index (χ1) is 13.2. The number of aryl methyl sites for hydroxylation is 1. The number of rotatable bonds is 6. The van der Waals surface area contributed by atoms with Crippen LogP contribution in [0.5, 0.6) is 5.75 Å². The number of nitrogens with one attached hydrogen (secondary N) is 1. The number of fused-ring (bicyclic) bond motifs is 1. The Labute approximate surface area is 159 Å². The van der Waals surface area contributed by atoms with Gasteiger partial charge in [0.2, 0.25) is 11.7 Å². The fourth-order valence-electron chi connectivity index (χ4n) is 2.57. The number of thiazole rings is 1. The van der Waals surface area contributed by atoms with Gasteiger partial charge in [0.25, 0.3) is 5.91 Å². The standard InChI is InChI=1S/C19H16N4O3S/c1-12-21-17(23-26-12)11-25-15-8-4-2-6-13(15)19(24)20-10-18-22-14-7-3-5-9-16(14)27-18/h2-9H,10-11H2,1H3,(H,20,24). The number of hydrogen-bond donors (Lipinski definition) is 1. The summed E-state index contributed by atoms with van der Waals surface area (Å²) in [5.41, 5.74) is 1.38. The Morgan fingerprint density at radius 1 is 1.15 bits per heavy atom. The topological polar surface area (TPSA) is 90.1 Å². The zero-order valence-electron chi connectivity index (χ0n) is 14.5. The normalized spacial score (nSPS) is 10.9. The molecule has 0 aliphatic rings. The third-order valence-corrected chi connectivity index (χ3v) is 4.83. The molecular weight excluding hydrogens is 364 g/mol. The second-order valence-electron chi connectivity index (χ2n) is 5.77. The van der Waals surface area contributed by atoms with Crippen LogP contribution in [0.3, 0.4) is 0 Å². The van der Waals surface area contributed by atoms with Gasteiger partial charge in [-0.3, -0.25) is 4.79 Å². The van der Waals surface area contributed by atoms with E-state index >= 15 is 0 Å². The summed E-state index contributed by atoms with van der Waals surface area (Å²) in [6.07, 6.45) is 0. The molecule has 0 unspecified atom stereocenters. The average molecular weight is 380 g/mol. The molecule has 2 aromatic heterocycles. The first-order valence-corrected chi connectivity index (χ1v) is 9.14. The molecule has 0 bridgehead atoms. The van der Waals surface area contributed by atoms with E-state index in [1.807, 2.05) is 24.3 Å². The molecule has 8 heteroatoms. The van der Waals surface area contributed by atoms with Gasteiger partial charge >= 0.3 is 0 Å². The molecule has 1 N–H and O–H groups in total. The van der Waals surface area contributed by atoms with E-state index in [0.717, 1.165) is 15.2 Å². The van der Waals surface area contributed by atoms with Gasteiger partial charge in [-0.2, -0.15) is 4.98 Å². The van der Waals surface area contributed by atoms with Gasteiger partial charge in [0.05, 0.1) is 22.3 Å². The molecule has 2 heterocycles. The summed E-state index contributed by atoms with van der Waals surface area (Å²) in [4.78, 5) is 21.2. The molecule has 27 heavy (non-hydrogen) atoms. The molecule has 0 saturated heterocycles. The molecule has 136 valence electrons. The summed E-state index contributed by atoms with van der Waals surface area (Å²) in [7, 11) is 0. The van der Waals surface area contributed by atoms with Crippen molar-refractivity contribution >= 4 is 27.5 Å². The maximum atomic E-state index is 12.6. The zero-order chi connectivity index (χ0) is 18.6. The van der Waals surface area contributed by atoms with Gasteiger partial charge in [-0.1, -0.05) is 29.4 Å². The second kappa shape index (κ2) is 7.55. The van der Waals surface area contributed by atoms with Crippen molar-refractivity contribution in [2.24, 2.45) is 0 Å². The van der Waals surface area contributed by atoms with Crippen molar-refractivity contribution in [3.05, 3.63) is 70.8 Å². The Balaban J connectivity index is 1.43. The largest absolute Gasteiger partial charge is 0.485 e. The summed E-state index contributed by atoms with van der Waals surface area (Å²) in [5, 5.41) is 7.53. The van der Waals surface area contributed by atoms with Crippen LogP contribution in [-0.4, -0.2) is 21.0 Å². The lowest BCUT2D eigenvalue weighted by atomic mass is 10.2. The predicted molar refractivity (Wildman–Crippen MR) is 101 cm³/mol. The summed E-state index contributed by atoms with van der Waals surface area (Å²) in [6.45, 7) is 2.19. The number of nitrogens with zero attached hydrogens (tertiary/aromatic N) is 3. The molecule has 7 nitrogen and oxygen atoms in total. The molecular formula is C19H16N4O3S. The molecule has 4 aromatic rings. The van der Waals surface area contributed by atoms with Gasteiger partial charge in [-0.25, -0.2) is 4.98 Å². The number of carbonyl (C=O) groups excluding carboxylic acids is 1. The van der Waals surface area contributed by atoms with Crippen molar-refractivity contribution in [2.45, 2.75) is 20.1 Å². The molecule has 0 radical (unpaired) electrons. The van der Waals surface area contributed by atoms with E-state index in [2.05, 4.69) is 20.4 Å². The second-order valence-corrected chi connectivity index (χ2v) is 6.89. The summed E-state index contributed by atoms with van der Waals surface area (Å²) in [6, 6.07) is 14.9. The minimum Gasteiger partial charge on any atom is -0.485 e. The highest BCUT2D eigenvalue weighted by atomic mass is 32.1. The number of aromatic nitrogens is 3. The Kier molecular flexibility index (Phi) is 4.80. The van der Waals surface area contributed by atoms with Crippen LogP contribution in [0, 0.1) is 6.92 Å². The van der Waals surface area contributed by atoms with E-state index in [0.29, 0.717) is 29.6 Å². The molecule has 0 fully saturated rings. The maximum absolute atomic E-state index is 12.6. The summed E-state index contributed by atoms with van der Waals surface area (Å²) in [5.74, 6) is 1.13. The van der Waals surface area contributed by atoms with Crippen LogP contribution in [-0.2, 0) is 13.2 Å². The number of ether oxygens (including phenoxy) is 1. The van der Waals surface area contributed by atoms with Crippen LogP contribution in [0.25, 0.3) is 10.2 Å². The minimum atomic E-state index is -0.228. The molecule has 0 atom stereocenters. The molecule has 0 aliphatic carbocycles. The van der Waals surface area contributed by atoms with E-state index in [-0.39, 0.29) is 12.5 Å². The number of benzene rings is 2. The van der Waals surface area contributed by atoms with Crippen molar-refractivity contribution < 1.29 is 14.1 Å². The predicted octanol–water partition coefficient (Wildman–Crippen LogP) is 3.50. The lowest BCUT2D eigenvalue weighted by Gasteiger charge is -2.10. The van der Waals surface area contributed by atoms with Crippen LogP contribution in [0.15, 0.2) is 53.1 Å². The highest BCUT2D eigenvalue weighted by Crippen LogP contribution is 2.22. The van der Waals surface area contributed by atoms with E-state index in [1.54, 1.807) is 42.5 Å². The SMILES string of the molecule is Cc1nc(COc2ccccc2C(=O)NCc2nc3ccccc3s2)no1. The molecule has 0 saturated carbocycles. The van der Waals surface area contributed by atoms with Crippen LogP contribution < -0.4 is 10.1 Å². The van der Waals surface area contributed by atoms with Crippen molar-refractivity contribution in [1.82, 2.24) is 20.4 Å². The van der Waals surface area contributed by atoms with Gasteiger partial charge in [0.15, 0.2) is 6.61 Å². The molecule has 1 amide bonds. The van der Waals surface area contributed by atoms with E-state index in [1.165, 1.54) is 0 Å². The van der Waals surface area contributed by atoms with Crippen LogP contribution >= 0.6 is 11.3 Å². The van der Waals surface area contributed by atoms with Gasteiger partial charge in [0, 0.05) is 6.92 Å². The Bertz CT molecular complexity index is 1060. The highest BCUT2D eigenvalue weighted by molar-refractivity contribution is 7.18. The number of amides is 1. The van der Waals surface area contributed by atoms with Crippen LogP contribution in [0.1, 0.15) is 27.1 Å². The van der Waals surface area contributed by atoms with Crippen LogP contribution in [0.2, 0.25) is 0 Å². The molecule has 0 spiro atoms. The average Bonchev–Trinajstić information content (AvgIpc) is 3.30. The van der Waals surface area contributed by atoms with Crippen molar-refractivity contribution in [1.29, 1.82) is 0 Å². The Morgan fingerprint density at radius 2 is 1.96 bits per heavy atom. The fraction of sp³-hybridized carbons (Fsp3) is 0.158. The van der Waals surface area contributed by atoms with Crippen LogP contribution in [0.4, 0.5) is 0 Å². The quantitative estimate of drug-likeness (QED) is 0.551. The first kappa shape index (κ1) is 17.2. The fourth-order valence-corrected chi connectivity index (χ4v) is 3.48. The number of para-hydroxylation sites is 2. The van der Waals surface area contributed by atoms with Gasteiger partial charge in [-0.05, 0) is 24.3 Å². The first-order valence-electron chi connectivity index (χ1n) is 8.33. The zero-order valence-corrected chi connectivity index (χ0v) is 15.3. The van der Waals surface area contributed by atoms with Gasteiger partial charge in [-0.15, -0.1) is 11.3 Å². The Morgan fingerprint density at radius 3 is 2.78 bits per heavy atom. The van der Waals surface area contributed by atoms with E-state index in [4.69, 9.17) is 9.26 Å². The third kappa shape index (κ3) is 3.95. The van der Waals surface area contributed by atoms with Gasteiger partial charge in [0.1, 0.15) is 10.8 Å². The summed E-state index contributed by atoms with van der Waals surface area (Å²) >= 11 is 1.56. The van der Waals surface area contributed by atoms with E-state index < -0.39 is 0 Å². The lowest BCUT2D eigenvalue weighted by molar-refractivity contribution is 0.0946. The molecule has 4 rings (SSSR count). The highest BCUT2D eigenvalue weighted by Gasteiger charge is 2.14. The maximum Gasteiger partial charge on any atom is 0.255 e. The minimum absolute atomic E-state index is 0.125. The van der Waals surface area contributed by atoms with Crippen molar-refractivity contribution in [3.8, 4) is 5.75 Å². The Hall–Kier alpha value is -3.26. The van der Waals surface area contributed by atoms with E-state index in [9.17, 15) is 4.79 Å². The molecule has 0 aliphatic heterocycles. The van der Waals surface area contributed by atoms with Crippen molar-refractivity contribution in [2.75, 3.05) is 0 Å². The van der Waals surface area contributed by atoms with Crippen molar-refractivity contribution in [3.63, 3.8) is 0 Å².